The average molecular weight is 213 g/mol. The molecule has 14 heavy (non-hydrogen) atoms. The molecule has 0 aliphatic rings. The van der Waals surface area contributed by atoms with Crippen molar-refractivity contribution in [2.24, 2.45) is 0 Å². The first-order chi connectivity index (χ1) is 6.63. The largest absolute Gasteiger partial charge is 0.504 e. The summed E-state index contributed by atoms with van der Waals surface area (Å²) in [6, 6.07) is 4.93. The lowest BCUT2D eigenvalue weighted by Gasteiger charge is -2.06. The molecule has 4 nitrogen and oxygen atoms in total. The minimum atomic E-state index is -0.169. The van der Waals surface area contributed by atoms with E-state index in [-0.39, 0.29) is 11.4 Å². The Morgan fingerprint density at radius 2 is 2.36 bits per heavy atom. The summed E-state index contributed by atoms with van der Waals surface area (Å²) in [4.78, 5) is 10.6. The SMILES string of the molecule is COc1cc(CNC(=O)P)ccc1O. The van der Waals surface area contributed by atoms with Crippen LogP contribution in [0.2, 0.25) is 0 Å². The number of aromatic hydroxyl groups is 1. The molecule has 0 saturated carbocycles. The van der Waals surface area contributed by atoms with E-state index in [1.54, 1.807) is 12.1 Å². The minimum absolute atomic E-state index is 0.0912. The number of benzene rings is 1. The smallest absolute Gasteiger partial charge is 0.235 e. The van der Waals surface area contributed by atoms with Crippen molar-refractivity contribution in [1.82, 2.24) is 5.32 Å². The Balaban J connectivity index is 2.74. The Kier molecular flexibility index (Phi) is 3.72. The highest BCUT2D eigenvalue weighted by Crippen LogP contribution is 2.26. The molecule has 0 aromatic heterocycles. The lowest BCUT2D eigenvalue weighted by molar-refractivity contribution is 0.260. The van der Waals surface area contributed by atoms with Gasteiger partial charge in [0.05, 0.1) is 7.11 Å². The van der Waals surface area contributed by atoms with Crippen LogP contribution < -0.4 is 10.1 Å². The van der Waals surface area contributed by atoms with Crippen molar-refractivity contribution in [1.29, 1.82) is 0 Å². The maximum Gasteiger partial charge on any atom is 0.235 e. The van der Waals surface area contributed by atoms with Crippen LogP contribution in [-0.2, 0) is 6.54 Å². The summed E-state index contributed by atoms with van der Waals surface area (Å²) in [5, 5.41) is 11.9. The zero-order chi connectivity index (χ0) is 10.6. The number of amides is 1. The highest BCUT2D eigenvalue weighted by Gasteiger charge is 2.02. The van der Waals surface area contributed by atoms with Gasteiger partial charge in [0.2, 0.25) is 5.65 Å². The van der Waals surface area contributed by atoms with Crippen molar-refractivity contribution in [2.45, 2.75) is 6.54 Å². The molecular formula is C9H12NO3P. The van der Waals surface area contributed by atoms with Gasteiger partial charge in [-0.05, 0) is 26.9 Å². The van der Waals surface area contributed by atoms with Gasteiger partial charge in [-0.15, -0.1) is 0 Å². The van der Waals surface area contributed by atoms with Gasteiger partial charge in [0.1, 0.15) is 0 Å². The van der Waals surface area contributed by atoms with E-state index in [1.165, 1.54) is 13.2 Å². The Morgan fingerprint density at radius 1 is 1.64 bits per heavy atom. The third kappa shape index (κ3) is 2.89. The van der Waals surface area contributed by atoms with Crippen LogP contribution in [0.25, 0.3) is 0 Å². The fourth-order valence-electron chi connectivity index (χ4n) is 1.02. The number of carbonyl (C=O) groups excluding carboxylic acids is 1. The second-order valence-electron chi connectivity index (χ2n) is 2.72. The van der Waals surface area contributed by atoms with E-state index < -0.39 is 0 Å². The normalized spacial score (nSPS) is 9.57. The molecule has 5 heteroatoms. The topological polar surface area (TPSA) is 58.6 Å². The summed E-state index contributed by atoms with van der Waals surface area (Å²) < 4.78 is 4.92. The van der Waals surface area contributed by atoms with E-state index in [1.807, 2.05) is 9.24 Å². The summed E-state index contributed by atoms with van der Waals surface area (Å²) in [6.07, 6.45) is 0. The number of phenols is 1. The molecule has 0 aliphatic carbocycles. The summed E-state index contributed by atoms with van der Waals surface area (Å²) >= 11 is 0. The van der Waals surface area contributed by atoms with E-state index in [9.17, 15) is 9.90 Å². The maximum absolute atomic E-state index is 10.6. The Labute approximate surface area is 84.5 Å². The van der Waals surface area contributed by atoms with Gasteiger partial charge < -0.3 is 15.2 Å². The highest BCUT2D eigenvalue weighted by molar-refractivity contribution is 7.39. The molecule has 1 aromatic rings. The minimum Gasteiger partial charge on any atom is -0.504 e. The van der Waals surface area contributed by atoms with Gasteiger partial charge in [-0.2, -0.15) is 0 Å². The number of phenolic OH excluding ortho intramolecular Hbond substituents is 1. The van der Waals surface area contributed by atoms with Gasteiger partial charge >= 0.3 is 0 Å². The van der Waals surface area contributed by atoms with Gasteiger partial charge in [-0.3, -0.25) is 4.79 Å². The van der Waals surface area contributed by atoms with Crippen LogP contribution in [-0.4, -0.2) is 17.9 Å². The van der Waals surface area contributed by atoms with Crippen molar-refractivity contribution in [3.63, 3.8) is 0 Å². The van der Waals surface area contributed by atoms with Crippen molar-refractivity contribution in [3.8, 4) is 11.5 Å². The van der Waals surface area contributed by atoms with Gasteiger partial charge in [-0.25, -0.2) is 0 Å². The molecule has 1 amide bonds. The molecule has 1 unspecified atom stereocenters. The van der Waals surface area contributed by atoms with E-state index in [0.717, 1.165) is 5.56 Å². The van der Waals surface area contributed by atoms with Gasteiger partial charge in [0.15, 0.2) is 11.5 Å². The molecule has 0 spiro atoms. The Hall–Kier alpha value is -1.28. The van der Waals surface area contributed by atoms with Crippen LogP contribution in [0.3, 0.4) is 0 Å². The predicted molar refractivity (Wildman–Crippen MR) is 56.6 cm³/mol. The van der Waals surface area contributed by atoms with Crippen LogP contribution in [0, 0.1) is 0 Å². The first-order valence-electron chi connectivity index (χ1n) is 4.02. The fraction of sp³-hybridized carbons (Fsp3) is 0.222. The molecule has 0 radical (unpaired) electrons. The van der Waals surface area contributed by atoms with Crippen LogP contribution in [0.1, 0.15) is 5.56 Å². The number of carbonyl (C=O) groups is 1. The van der Waals surface area contributed by atoms with Crippen LogP contribution in [0.15, 0.2) is 18.2 Å². The monoisotopic (exact) mass is 213 g/mol. The summed E-state index contributed by atoms with van der Waals surface area (Å²) in [5.74, 6) is 0.494. The number of hydrogen-bond acceptors (Lipinski definition) is 3. The third-order valence-electron chi connectivity index (χ3n) is 1.71. The lowest BCUT2D eigenvalue weighted by atomic mass is 10.2. The number of nitrogens with one attached hydrogen (secondary N) is 1. The summed E-state index contributed by atoms with van der Waals surface area (Å²) in [5.41, 5.74) is 0.701. The molecular weight excluding hydrogens is 201 g/mol. The standard InChI is InChI=1S/C9H12NO3P/c1-13-8-4-6(2-3-7(8)11)5-10-9(12)14/h2-4,11H,5,14H2,1H3,(H,10,12). The number of ether oxygens (including phenoxy) is 1. The van der Waals surface area contributed by atoms with Crippen molar-refractivity contribution >= 4 is 14.9 Å². The third-order valence-corrected chi connectivity index (χ3v) is 1.92. The summed E-state index contributed by atoms with van der Waals surface area (Å²) in [7, 11) is 3.51. The molecule has 2 N–H and O–H groups in total. The van der Waals surface area contributed by atoms with Crippen molar-refractivity contribution in [2.75, 3.05) is 7.11 Å². The van der Waals surface area contributed by atoms with E-state index in [0.29, 0.717) is 12.3 Å². The van der Waals surface area contributed by atoms with E-state index in [2.05, 4.69) is 5.32 Å². The Bertz CT molecular complexity index is 341. The fourth-order valence-corrected chi connectivity index (χ4v) is 1.12. The molecule has 0 bridgehead atoms. The zero-order valence-corrected chi connectivity index (χ0v) is 8.93. The quantitative estimate of drug-likeness (QED) is 0.748. The molecule has 0 aliphatic heterocycles. The van der Waals surface area contributed by atoms with Gasteiger partial charge in [0, 0.05) is 6.54 Å². The van der Waals surface area contributed by atoms with Crippen LogP contribution in [0.4, 0.5) is 4.79 Å². The average Bonchev–Trinajstić information content (AvgIpc) is 2.16. The van der Waals surface area contributed by atoms with Gasteiger partial charge in [-0.1, -0.05) is 6.07 Å². The first kappa shape index (κ1) is 10.8. The molecule has 76 valence electrons. The van der Waals surface area contributed by atoms with Crippen molar-refractivity contribution in [3.05, 3.63) is 23.8 Å². The highest BCUT2D eigenvalue weighted by atomic mass is 31.0. The predicted octanol–water partition coefficient (Wildman–Crippen LogP) is 1.49. The summed E-state index contributed by atoms with van der Waals surface area (Å²) in [6.45, 7) is 0.416. The lowest BCUT2D eigenvalue weighted by Crippen LogP contribution is -2.14. The molecule has 0 fully saturated rings. The van der Waals surface area contributed by atoms with E-state index in [4.69, 9.17) is 4.74 Å². The van der Waals surface area contributed by atoms with Crippen LogP contribution in [0.5, 0.6) is 11.5 Å². The van der Waals surface area contributed by atoms with E-state index >= 15 is 0 Å². The number of methoxy groups -OCH3 is 1. The second kappa shape index (κ2) is 4.82. The van der Waals surface area contributed by atoms with Crippen molar-refractivity contribution < 1.29 is 14.6 Å². The maximum atomic E-state index is 10.6. The number of rotatable bonds is 3. The molecule has 0 saturated heterocycles. The van der Waals surface area contributed by atoms with Gasteiger partial charge in [0.25, 0.3) is 0 Å². The molecule has 0 heterocycles. The number of hydrogen-bond donors (Lipinski definition) is 2. The molecule has 1 atom stereocenters. The molecule has 1 aromatic carbocycles. The zero-order valence-electron chi connectivity index (χ0n) is 7.78. The molecule has 1 rings (SSSR count). The second-order valence-corrected chi connectivity index (χ2v) is 3.25. The first-order valence-corrected chi connectivity index (χ1v) is 4.60. The van der Waals surface area contributed by atoms with Crippen LogP contribution >= 0.6 is 9.24 Å². The Morgan fingerprint density at radius 3 is 2.93 bits per heavy atom.